The topological polar surface area (TPSA) is 135 Å². The van der Waals surface area contributed by atoms with E-state index in [2.05, 4.69) is 36.6 Å². The number of nitro groups is 1. The Labute approximate surface area is 131 Å². The van der Waals surface area contributed by atoms with Crippen LogP contribution < -0.4 is 16.2 Å². The van der Waals surface area contributed by atoms with E-state index in [4.69, 9.17) is 0 Å². The molecule has 0 unspecified atom stereocenters. The van der Waals surface area contributed by atoms with Gasteiger partial charge in [-0.15, -0.1) is 0 Å². The average molecular weight is 369 g/mol. The van der Waals surface area contributed by atoms with Crippen molar-refractivity contribution in [1.29, 1.82) is 0 Å². The Hall–Kier alpha value is -2.53. The van der Waals surface area contributed by atoms with Gasteiger partial charge < -0.3 is 15.7 Å². The van der Waals surface area contributed by atoms with Gasteiger partial charge in [-0.25, -0.2) is 0 Å². The molecule has 0 radical (unpaired) electrons. The van der Waals surface area contributed by atoms with Crippen LogP contribution in [0, 0.1) is 10.1 Å². The minimum absolute atomic E-state index is 0.0203. The Kier molecular flexibility index (Phi) is 3.50. The van der Waals surface area contributed by atoms with Gasteiger partial charge in [-0.05, 0) is 22.0 Å². The first-order valence-electron chi connectivity index (χ1n) is 6.07. The molecule has 1 aliphatic rings. The first-order valence-corrected chi connectivity index (χ1v) is 6.87. The third kappa shape index (κ3) is 2.51. The van der Waals surface area contributed by atoms with Crippen molar-refractivity contribution in [2.24, 2.45) is 0 Å². The second-order valence-corrected chi connectivity index (χ2v) is 5.21. The molecule has 2 heterocycles. The van der Waals surface area contributed by atoms with Crippen molar-refractivity contribution in [2.45, 2.75) is 12.4 Å². The summed E-state index contributed by atoms with van der Waals surface area (Å²) in [6.45, 7) is 0. The minimum Gasteiger partial charge on any atom is -0.368 e. The number of nitro benzene ring substituents is 1. The Balaban J connectivity index is 1.85. The van der Waals surface area contributed by atoms with Crippen LogP contribution in [0.5, 0.6) is 0 Å². The number of rotatable bonds is 3. The van der Waals surface area contributed by atoms with E-state index in [1.165, 1.54) is 18.2 Å². The van der Waals surface area contributed by atoms with Crippen LogP contribution in [0.4, 0.5) is 17.3 Å². The molecular formula is C11H9BrN6O4. The molecule has 0 spiro atoms. The summed E-state index contributed by atoms with van der Waals surface area (Å²) < 4.78 is 1.12. The predicted molar refractivity (Wildman–Crippen MR) is 79.4 cm³/mol. The van der Waals surface area contributed by atoms with Gasteiger partial charge in [-0.1, -0.05) is 6.07 Å². The highest BCUT2D eigenvalue weighted by Crippen LogP contribution is 2.25. The highest BCUT2D eigenvalue weighted by atomic mass is 79.9. The van der Waals surface area contributed by atoms with E-state index in [1.54, 1.807) is 6.07 Å². The summed E-state index contributed by atoms with van der Waals surface area (Å²) in [5.74, 6) is 0.101. The van der Waals surface area contributed by atoms with Crippen LogP contribution >= 0.6 is 15.9 Å². The molecule has 3 rings (SSSR count). The van der Waals surface area contributed by atoms with Crippen molar-refractivity contribution in [3.8, 4) is 0 Å². The van der Waals surface area contributed by atoms with Crippen molar-refractivity contribution in [3.05, 3.63) is 49.3 Å². The summed E-state index contributed by atoms with van der Waals surface area (Å²) >= 11 is 2.95. The molecule has 0 saturated carbocycles. The molecule has 22 heavy (non-hydrogen) atoms. The third-order valence-corrected chi connectivity index (χ3v) is 3.51. The third-order valence-electron chi connectivity index (χ3n) is 3.01. The van der Waals surface area contributed by atoms with Crippen LogP contribution in [-0.4, -0.2) is 31.0 Å². The standard InChI is InChI=1S/C11H9BrN6O4/c12-7-9(19)15-11-14-8(10(20)17(11)16-7)13-5-2-1-3-6(4-5)18(21)22/h1-4,8,10,13,20H,(H,14,15,19)/t8-,10+/m0/s1. The predicted octanol–water partition coefficient (Wildman–Crippen LogP) is 0.664. The van der Waals surface area contributed by atoms with E-state index in [0.717, 1.165) is 4.68 Å². The highest BCUT2D eigenvalue weighted by Gasteiger charge is 2.32. The number of nitrogens with zero attached hydrogens (tertiary/aromatic N) is 4. The molecule has 0 bridgehead atoms. The molecule has 0 saturated heterocycles. The van der Waals surface area contributed by atoms with Crippen LogP contribution in [0.1, 0.15) is 6.23 Å². The molecule has 3 N–H and O–H groups in total. The lowest BCUT2D eigenvalue weighted by atomic mass is 10.2. The molecule has 0 aliphatic carbocycles. The summed E-state index contributed by atoms with van der Waals surface area (Å²) in [7, 11) is 0. The first kappa shape index (κ1) is 14.4. The molecule has 10 nitrogen and oxygen atoms in total. The molecule has 0 fully saturated rings. The zero-order valence-corrected chi connectivity index (χ0v) is 12.4. The van der Waals surface area contributed by atoms with Gasteiger partial charge in [0.2, 0.25) is 5.95 Å². The van der Waals surface area contributed by atoms with Gasteiger partial charge in [-0.2, -0.15) is 14.8 Å². The maximum atomic E-state index is 11.4. The number of benzene rings is 1. The number of nitrogens with one attached hydrogen (secondary N) is 2. The van der Waals surface area contributed by atoms with Crippen LogP contribution in [0.3, 0.4) is 0 Å². The number of non-ortho nitro benzene ring substituents is 1. The van der Waals surface area contributed by atoms with Gasteiger partial charge in [0.25, 0.3) is 5.69 Å². The smallest absolute Gasteiger partial charge is 0.307 e. The highest BCUT2D eigenvalue weighted by molar-refractivity contribution is 9.10. The molecule has 114 valence electrons. The van der Waals surface area contributed by atoms with E-state index >= 15 is 0 Å². The number of aliphatic hydroxyl groups is 1. The molecule has 1 aromatic heterocycles. The molecule has 2 atom stereocenters. The summed E-state index contributed by atoms with van der Waals surface area (Å²) in [5, 5.41) is 30.5. The maximum Gasteiger partial charge on any atom is 0.307 e. The van der Waals surface area contributed by atoms with Crippen LogP contribution in [0.25, 0.3) is 0 Å². The van der Waals surface area contributed by atoms with E-state index in [-0.39, 0.29) is 16.2 Å². The Morgan fingerprint density at radius 3 is 3.00 bits per heavy atom. The normalized spacial score (nSPS) is 19.4. The van der Waals surface area contributed by atoms with E-state index in [0.29, 0.717) is 5.69 Å². The van der Waals surface area contributed by atoms with Crippen LogP contribution in [-0.2, 0) is 0 Å². The van der Waals surface area contributed by atoms with Crippen molar-refractivity contribution in [3.63, 3.8) is 0 Å². The number of aliphatic hydroxyl groups excluding tert-OH is 1. The largest absolute Gasteiger partial charge is 0.368 e. The Morgan fingerprint density at radius 2 is 2.27 bits per heavy atom. The van der Waals surface area contributed by atoms with Crippen molar-refractivity contribution >= 4 is 33.3 Å². The van der Waals surface area contributed by atoms with E-state index < -0.39 is 22.9 Å². The maximum absolute atomic E-state index is 11.4. The zero-order chi connectivity index (χ0) is 15.9. The van der Waals surface area contributed by atoms with Gasteiger partial charge in [0, 0.05) is 17.8 Å². The summed E-state index contributed by atoms with van der Waals surface area (Å²) in [4.78, 5) is 25.4. The number of hydrogen-bond donors (Lipinski definition) is 3. The van der Waals surface area contributed by atoms with E-state index in [9.17, 15) is 20.0 Å². The van der Waals surface area contributed by atoms with E-state index in [1.807, 2.05) is 0 Å². The van der Waals surface area contributed by atoms with Gasteiger partial charge >= 0.3 is 5.56 Å². The molecule has 11 heteroatoms. The summed E-state index contributed by atoms with van der Waals surface area (Å²) in [5.41, 5.74) is -0.217. The SMILES string of the molecule is O=c1nc2n(nc1Br)[C@H](O)[C@@H](Nc1cccc([N+](=O)[O-])c1)N2. The lowest BCUT2D eigenvalue weighted by Crippen LogP contribution is -2.31. The van der Waals surface area contributed by atoms with Crippen molar-refractivity contribution in [2.75, 3.05) is 10.6 Å². The zero-order valence-electron chi connectivity index (χ0n) is 10.8. The van der Waals surface area contributed by atoms with Gasteiger partial charge in [0.1, 0.15) is 6.17 Å². The van der Waals surface area contributed by atoms with Gasteiger partial charge in [0.15, 0.2) is 10.8 Å². The van der Waals surface area contributed by atoms with Crippen molar-refractivity contribution in [1.82, 2.24) is 14.8 Å². The fourth-order valence-electron chi connectivity index (χ4n) is 2.02. The lowest BCUT2D eigenvalue weighted by Gasteiger charge is -2.17. The number of hydrogen-bond acceptors (Lipinski definition) is 8. The number of halogens is 1. The fraction of sp³-hybridized carbons (Fsp3) is 0.182. The minimum atomic E-state index is -1.14. The molecule has 2 aromatic rings. The molecular weight excluding hydrogens is 360 g/mol. The fourth-order valence-corrected chi connectivity index (χ4v) is 2.27. The van der Waals surface area contributed by atoms with Gasteiger partial charge in [-0.3, -0.25) is 14.9 Å². The van der Waals surface area contributed by atoms with Crippen molar-refractivity contribution < 1.29 is 10.0 Å². The Bertz CT molecular complexity index is 809. The summed E-state index contributed by atoms with van der Waals surface area (Å²) in [6, 6.07) is 5.82. The van der Waals surface area contributed by atoms with Gasteiger partial charge in [0.05, 0.1) is 4.92 Å². The number of anilines is 2. The molecule has 1 aliphatic heterocycles. The number of aromatic nitrogens is 3. The molecule has 0 amide bonds. The monoisotopic (exact) mass is 368 g/mol. The lowest BCUT2D eigenvalue weighted by molar-refractivity contribution is -0.384. The quantitative estimate of drug-likeness (QED) is 0.531. The Morgan fingerprint density at radius 1 is 1.50 bits per heavy atom. The first-order chi connectivity index (χ1) is 10.5. The molecule has 1 aromatic carbocycles. The summed E-state index contributed by atoms with van der Waals surface area (Å²) in [6.07, 6.45) is -1.88. The second kappa shape index (κ2) is 5.35. The number of fused-ring (bicyclic) bond motifs is 1. The van der Waals surface area contributed by atoms with Crippen LogP contribution in [0.15, 0.2) is 33.7 Å². The van der Waals surface area contributed by atoms with Crippen LogP contribution in [0.2, 0.25) is 0 Å². The second-order valence-electron chi connectivity index (χ2n) is 4.46. The average Bonchev–Trinajstić information content (AvgIpc) is 2.76.